The molecule has 0 saturated carbocycles. The zero-order valence-electron chi connectivity index (χ0n) is 16.3. The van der Waals surface area contributed by atoms with Gasteiger partial charge in [-0.15, -0.1) is 0 Å². The highest BCUT2D eigenvalue weighted by molar-refractivity contribution is 5.96. The van der Waals surface area contributed by atoms with Crippen LogP contribution >= 0.6 is 0 Å². The molecule has 0 aromatic carbocycles. The van der Waals surface area contributed by atoms with Crippen molar-refractivity contribution in [3.8, 4) is 0 Å². The molecule has 0 aromatic heterocycles. The van der Waals surface area contributed by atoms with Crippen molar-refractivity contribution < 1.29 is 33.9 Å². The summed E-state index contributed by atoms with van der Waals surface area (Å²) in [5.74, 6) is -5.63. The van der Waals surface area contributed by atoms with Crippen LogP contribution in [-0.2, 0) is 28.8 Å². The Balaban J connectivity index is 5.28. The second-order valence-corrected chi connectivity index (χ2v) is 6.81. The van der Waals surface area contributed by atoms with Crippen LogP contribution in [0.2, 0.25) is 0 Å². The number of amides is 5. The summed E-state index contributed by atoms with van der Waals surface area (Å²) in [6.45, 7) is 2.82. The molecule has 0 aromatic rings. The van der Waals surface area contributed by atoms with Gasteiger partial charge in [0.2, 0.25) is 29.5 Å². The van der Waals surface area contributed by atoms with E-state index in [1.807, 2.05) is 5.32 Å². The van der Waals surface area contributed by atoms with E-state index in [0.717, 1.165) is 0 Å². The van der Waals surface area contributed by atoms with Crippen LogP contribution < -0.4 is 33.2 Å². The summed E-state index contributed by atoms with van der Waals surface area (Å²) in [5, 5.41) is 15.3. The van der Waals surface area contributed by atoms with Crippen LogP contribution in [-0.4, -0.2) is 65.3 Å². The van der Waals surface area contributed by atoms with E-state index < -0.39 is 73.0 Å². The molecular formula is C16H28N6O7. The molecule has 0 radical (unpaired) electrons. The van der Waals surface area contributed by atoms with Gasteiger partial charge in [0.15, 0.2) is 0 Å². The first-order valence-corrected chi connectivity index (χ1v) is 8.75. The van der Waals surface area contributed by atoms with Crippen molar-refractivity contribution in [3.63, 3.8) is 0 Å². The van der Waals surface area contributed by atoms with Crippen LogP contribution in [0, 0.1) is 5.92 Å². The van der Waals surface area contributed by atoms with Crippen LogP contribution in [0.3, 0.4) is 0 Å². The maximum Gasteiger partial charge on any atom is 0.322 e. The third-order valence-corrected chi connectivity index (χ3v) is 3.55. The average Bonchev–Trinajstić information content (AvgIpc) is 2.56. The molecule has 10 N–H and O–H groups in total. The third-order valence-electron chi connectivity index (χ3n) is 3.55. The number of nitrogens with one attached hydrogen (secondary N) is 3. The lowest BCUT2D eigenvalue weighted by molar-refractivity contribution is -0.138. The minimum absolute atomic E-state index is 0.0613. The molecule has 0 saturated heterocycles. The van der Waals surface area contributed by atoms with Crippen molar-refractivity contribution in [1.82, 2.24) is 16.0 Å². The fraction of sp³-hybridized carbons (Fsp3) is 0.625. The molecule has 164 valence electrons. The van der Waals surface area contributed by atoms with E-state index in [1.54, 1.807) is 13.8 Å². The molecule has 0 spiro atoms. The molecule has 0 heterocycles. The molecule has 29 heavy (non-hydrogen) atoms. The lowest BCUT2D eigenvalue weighted by Gasteiger charge is -2.24. The van der Waals surface area contributed by atoms with E-state index in [2.05, 4.69) is 10.6 Å². The highest BCUT2D eigenvalue weighted by atomic mass is 16.4. The third kappa shape index (κ3) is 11.3. The first-order chi connectivity index (χ1) is 13.3. The minimum atomic E-state index is -1.44. The van der Waals surface area contributed by atoms with Gasteiger partial charge < -0.3 is 38.3 Å². The summed E-state index contributed by atoms with van der Waals surface area (Å²) in [6, 6.07) is -3.84. The van der Waals surface area contributed by atoms with Gasteiger partial charge in [0.25, 0.3) is 0 Å². The Bertz CT molecular complexity index is 652. The molecule has 0 aliphatic heterocycles. The summed E-state index contributed by atoms with van der Waals surface area (Å²) < 4.78 is 0. The van der Waals surface area contributed by atoms with Crippen molar-refractivity contribution >= 4 is 35.5 Å². The summed E-state index contributed by atoms with van der Waals surface area (Å²) in [7, 11) is 0. The Labute approximate surface area is 167 Å². The molecule has 0 fully saturated rings. The molecule has 0 bridgehead atoms. The summed E-state index contributed by atoms with van der Waals surface area (Å²) in [6.07, 6.45) is -0.856. The van der Waals surface area contributed by atoms with E-state index in [0.29, 0.717) is 0 Å². The van der Waals surface area contributed by atoms with Crippen molar-refractivity contribution in [1.29, 1.82) is 0 Å². The van der Waals surface area contributed by atoms with Crippen molar-refractivity contribution in [2.45, 2.75) is 51.2 Å². The Hall–Kier alpha value is -3.22. The lowest BCUT2D eigenvalue weighted by Crippen LogP contribution is -2.57. The van der Waals surface area contributed by atoms with Crippen molar-refractivity contribution in [2.24, 2.45) is 23.1 Å². The van der Waals surface area contributed by atoms with Gasteiger partial charge in [0.1, 0.15) is 18.6 Å². The molecule has 5 amide bonds. The van der Waals surface area contributed by atoms with Gasteiger partial charge in [-0.2, -0.15) is 0 Å². The molecule has 3 unspecified atom stereocenters. The van der Waals surface area contributed by atoms with Gasteiger partial charge in [-0.1, -0.05) is 13.8 Å². The largest absolute Gasteiger partial charge is 0.480 e. The van der Waals surface area contributed by atoms with E-state index >= 15 is 0 Å². The van der Waals surface area contributed by atoms with Crippen LogP contribution in [0.5, 0.6) is 0 Å². The molecule has 13 heteroatoms. The van der Waals surface area contributed by atoms with E-state index in [-0.39, 0.29) is 12.3 Å². The van der Waals surface area contributed by atoms with Gasteiger partial charge in [0.05, 0.1) is 18.9 Å². The van der Waals surface area contributed by atoms with E-state index in [9.17, 15) is 28.8 Å². The predicted octanol–water partition coefficient (Wildman–Crippen LogP) is -3.72. The Kier molecular flexibility index (Phi) is 10.9. The molecular weight excluding hydrogens is 388 g/mol. The van der Waals surface area contributed by atoms with Crippen molar-refractivity contribution in [3.05, 3.63) is 0 Å². The fourth-order valence-electron chi connectivity index (χ4n) is 2.26. The topological polar surface area (TPSA) is 237 Å². The first kappa shape index (κ1) is 25.8. The number of carbonyl (C=O) groups is 6. The number of hydrogen-bond donors (Lipinski definition) is 7. The maximum atomic E-state index is 12.6. The van der Waals surface area contributed by atoms with Gasteiger partial charge >= 0.3 is 5.97 Å². The second-order valence-electron chi connectivity index (χ2n) is 6.81. The standard InChI is InChI=1S/C16H28N6O7/c1-7(2)3-9(21-14(27)8(17)4-11(18)23)16(29)22-10(5-12(19)24)15(28)20-6-13(25)26/h7-10H,3-6,17H2,1-2H3,(H2,18,23)(H2,19,24)(H,20,28)(H,21,27)(H,22,29)(H,25,26). The van der Waals surface area contributed by atoms with Gasteiger partial charge in [0, 0.05) is 0 Å². The second kappa shape index (κ2) is 12.3. The zero-order chi connectivity index (χ0) is 22.7. The molecule has 13 nitrogen and oxygen atoms in total. The number of carboxylic acids is 1. The van der Waals surface area contributed by atoms with Gasteiger partial charge in [-0.25, -0.2) is 0 Å². The van der Waals surface area contributed by atoms with Crippen LogP contribution in [0.25, 0.3) is 0 Å². The lowest BCUT2D eigenvalue weighted by atomic mass is 10.0. The molecule has 3 atom stereocenters. The zero-order valence-corrected chi connectivity index (χ0v) is 16.3. The number of carboxylic acid groups (broad SMARTS) is 1. The maximum absolute atomic E-state index is 12.6. The quantitative estimate of drug-likeness (QED) is 0.157. The van der Waals surface area contributed by atoms with E-state index in [4.69, 9.17) is 22.3 Å². The molecule has 0 aliphatic carbocycles. The van der Waals surface area contributed by atoms with Crippen LogP contribution in [0.15, 0.2) is 0 Å². The average molecular weight is 416 g/mol. The fourth-order valence-corrected chi connectivity index (χ4v) is 2.26. The monoisotopic (exact) mass is 416 g/mol. The summed E-state index contributed by atoms with van der Waals surface area (Å²) in [4.78, 5) is 69.4. The first-order valence-electron chi connectivity index (χ1n) is 8.75. The summed E-state index contributed by atoms with van der Waals surface area (Å²) >= 11 is 0. The van der Waals surface area contributed by atoms with Crippen LogP contribution in [0.1, 0.15) is 33.1 Å². The highest BCUT2D eigenvalue weighted by Crippen LogP contribution is 2.07. The molecule has 0 aliphatic rings. The predicted molar refractivity (Wildman–Crippen MR) is 99.6 cm³/mol. The SMILES string of the molecule is CC(C)CC(NC(=O)C(N)CC(N)=O)C(=O)NC(CC(N)=O)C(=O)NCC(=O)O. The smallest absolute Gasteiger partial charge is 0.322 e. The van der Waals surface area contributed by atoms with Crippen molar-refractivity contribution in [2.75, 3.05) is 6.54 Å². The number of rotatable bonds is 13. The Morgan fingerprint density at radius 3 is 1.79 bits per heavy atom. The van der Waals surface area contributed by atoms with E-state index in [1.165, 1.54) is 0 Å². The van der Waals surface area contributed by atoms with Crippen LogP contribution in [0.4, 0.5) is 0 Å². The molecule has 0 rings (SSSR count). The highest BCUT2D eigenvalue weighted by Gasteiger charge is 2.30. The number of nitrogens with two attached hydrogens (primary N) is 3. The number of aliphatic carboxylic acids is 1. The minimum Gasteiger partial charge on any atom is -0.480 e. The normalized spacial score (nSPS) is 13.7. The number of hydrogen-bond acceptors (Lipinski definition) is 7. The van der Waals surface area contributed by atoms with Gasteiger partial charge in [-0.3, -0.25) is 28.8 Å². The number of carbonyl (C=O) groups excluding carboxylic acids is 5. The Morgan fingerprint density at radius 2 is 1.34 bits per heavy atom. The number of primary amides is 2. The van der Waals surface area contributed by atoms with Gasteiger partial charge in [-0.05, 0) is 12.3 Å². The summed E-state index contributed by atoms with van der Waals surface area (Å²) in [5.41, 5.74) is 15.6. The Morgan fingerprint density at radius 1 is 0.828 bits per heavy atom.